The Labute approximate surface area is 226 Å². The normalized spacial score (nSPS) is 14.7. The van der Waals surface area contributed by atoms with E-state index in [1.807, 2.05) is 0 Å². The quantitative estimate of drug-likeness (QED) is 0.264. The molecule has 0 aliphatic heterocycles. The van der Waals surface area contributed by atoms with Crippen molar-refractivity contribution in [3.8, 4) is 0 Å². The van der Waals surface area contributed by atoms with Crippen molar-refractivity contribution in [1.29, 1.82) is 0 Å². The lowest BCUT2D eigenvalue weighted by Crippen LogP contribution is -2.38. The molecule has 0 atom stereocenters. The van der Waals surface area contributed by atoms with Gasteiger partial charge in [0.25, 0.3) is 0 Å². The highest BCUT2D eigenvalue weighted by Gasteiger charge is 2.60. The standard InChI is InChI=1S/C24H27F5N2O6S2/c1-6-39(34,35)17-10-9-15(13-7-8-13)30-19(17)31(21(33)37-22(2,3)4)12-16-14(20(32)36-5)11-18(38-16)23(25,26)24(27,28)29/h9-11,13H,6-8,12H2,1-5H3. The third kappa shape index (κ3) is 6.68. The molecule has 1 amide bonds. The maximum atomic E-state index is 14.2. The Balaban J connectivity index is 2.25. The van der Waals surface area contributed by atoms with Crippen molar-refractivity contribution in [2.24, 2.45) is 0 Å². The average Bonchev–Trinajstić information content (AvgIpc) is 3.58. The second-order valence-corrected chi connectivity index (χ2v) is 13.2. The fraction of sp³-hybridized carbons (Fsp3) is 0.542. The van der Waals surface area contributed by atoms with Crippen molar-refractivity contribution in [1.82, 2.24) is 4.98 Å². The van der Waals surface area contributed by atoms with Crippen LogP contribution in [0, 0.1) is 0 Å². The molecule has 1 aliphatic carbocycles. The summed E-state index contributed by atoms with van der Waals surface area (Å²) in [6.45, 7) is 5.13. The van der Waals surface area contributed by atoms with Crippen molar-refractivity contribution in [2.45, 2.75) is 75.6 Å². The highest BCUT2D eigenvalue weighted by molar-refractivity contribution is 7.91. The molecule has 1 aliphatic rings. The lowest BCUT2D eigenvalue weighted by atomic mass is 10.2. The summed E-state index contributed by atoms with van der Waals surface area (Å²) in [5.74, 6) is -7.29. The summed E-state index contributed by atoms with van der Waals surface area (Å²) >= 11 is -0.0601. The Hall–Kier alpha value is -2.81. The highest BCUT2D eigenvalue weighted by atomic mass is 32.2. The maximum absolute atomic E-state index is 14.2. The molecule has 0 bridgehead atoms. The molecule has 2 aromatic heterocycles. The number of carbonyl (C=O) groups is 2. The largest absolute Gasteiger partial charge is 0.465 e. The number of aromatic nitrogens is 1. The molecule has 2 aromatic rings. The smallest absolute Gasteiger partial charge is 0.458 e. The predicted octanol–water partition coefficient (Wildman–Crippen LogP) is 6.20. The van der Waals surface area contributed by atoms with Crippen LogP contribution < -0.4 is 4.90 Å². The second-order valence-electron chi connectivity index (χ2n) is 9.81. The minimum Gasteiger partial charge on any atom is -0.465 e. The van der Waals surface area contributed by atoms with Gasteiger partial charge >= 0.3 is 24.2 Å². The van der Waals surface area contributed by atoms with Gasteiger partial charge in [-0.2, -0.15) is 22.0 Å². The molecule has 1 fully saturated rings. The first-order valence-corrected chi connectivity index (χ1v) is 14.2. The van der Waals surface area contributed by atoms with Gasteiger partial charge in [-0.15, -0.1) is 11.3 Å². The molecule has 0 unspecified atom stereocenters. The summed E-state index contributed by atoms with van der Waals surface area (Å²) in [6, 6.07) is 3.12. The van der Waals surface area contributed by atoms with Crippen LogP contribution in [0.5, 0.6) is 0 Å². The molecule has 39 heavy (non-hydrogen) atoms. The van der Waals surface area contributed by atoms with Crippen molar-refractivity contribution in [3.05, 3.63) is 39.2 Å². The highest BCUT2D eigenvalue weighted by Crippen LogP contribution is 2.48. The average molecular weight is 599 g/mol. The lowest BCUT2D eigenvalue weighted by molar-refractivity contribution is -0.287. The number of pyridine rings is 1. The van der Waals surface area contributed by atoms with E-state index in [-0.39, 0.29) is 33.7 Å². The summed E-state index contributed by atoms with van der Waals surface area (Å²) < 4.78 is 104. The SMILES string of the molecule is CCS(=O)(=O)c1ccc(C2CC2)nc1N(Cc1sc(C(F)(F)C(F)(F)F)cc1C(=O)OC)C(=O)OC(C)(C)C. The molecule has 216 valence electrons. The number of sulfone groups is 1. The zero-order valence-corrected chi connectivity index (χ0v) is 23.3. The molecule has 15 heteroatoms. The number of nitrogens with zero attached hydrogens (tertiary/aromatic N) is 2. The Morgan fingerprint density at radius 1 is 1.13 bits per heavy atom. The number of thiophene rings is 1. The first kappa shape index (κ1) is 30.7. The fourth-order valence-corrected chi connectivity index (χ4v) is 5.61. The minimum atomic E-state index is -5.96. The fourth-order valence-electron chi connectivity index (χ4n) is 3.46. The van der Waals surface area contributed by atoms with Gasteiger partial charge in [-0.05, 0) is 51.8 Å². The maximum Gasteiger partial charge on any atom is 0.458 e. The van der Waals surface area contributed by atoms with Gasteiger partial charge in [0.05, 0.1) is 29.8 Å². The number of esters is 1. The van der Waals surface area contributed by atoms with E-state index in [2.05, 4.69) is 9.72 Å². The molecule has 3 rings (SSSR count). The number of hydrogen-bond donors (Lipinski definition) is 0. The van der Waals surface area contributed by atoms with E-state index >= 15 is 0 Å². The van der Waals surface area contributed by atoms with E-state index < -0.39 is 61.5 Å². The summed E-state index contributed by atoms with van der Waals surface area (Å²) in [6.07, 6.45) is -5.57. The number of hydrogen-bond acceptors (Lipinski definition) is 8. The van der Waals surface area contributed by atoms with Crippen molar-refractivity contribution < 1.29 is 49.4 Å². The van der Waals surface area contributed by atoms with Gasteiger partial charge in [0.15, 0.2) is 15.7 Å². The molecule has 0 aromatic carbocycles. The van der Waals surface area contributed by atoms with Gasteiger partial charge in [-0.3, -0.25) is 4.90 Å². The van der Waals surface area contributed by atoms with E-state index in [4.69, 9.17) is 4.74 Å². The number of ether oxygens (including phenoxy) is 2. The minimum absolute atomic E-state index is 0.00654. The molecular formula is C24H27F5N2O6S2. The zero-order valence-electron chi connectivity index (χ0n) is 21.7. The van der Waals surface area contributed by atoms with Gasteiger partial charge in [-0.25, -0.2) is 23.0 Å². The van der Waals surface area contributed by atoms with Crippen molar-refractivity contribution in [2.75, 3.05) is 17.8 Å². The molecule has 0 saturated heterocycles. The summed E-state index contributed by atoms with van der Waals surface area (Å²) in [5.41, 5.74) is -1.28. The van der Waals surface area contributed by atoms with Crippen LogP contribution in [0.1, 0.15) is 72.3 Å². The summed E-state index contributed by atoms with van der Waals surface area (Å²) in [7, 11) is -3.10. The van der Waals surface area contributed by atoms with Crippen molar-refractivity contribution in [3.63, 3.8) is 0 Å². The zero-order chi connectivity index (χ0) is 29.6. The van der Waals surface area contributed by atoms with Gasteiger partial charge in [0.1, 0.15) is 10.5 Å². The second kappa shape index (κ2) is 10.6. The van der Waals surface area contributed by atoms with Crippen LogP contribution in [-0.4, -0.2) is 50.1 Å². The number of alkyl halides is 5. The van der Waals surface area contributed by atoms with Gasteiger partial charge in [0, 0.05) is 16.5 Å². The topological polar surface area (TPSA) is 103 Å². The first-order valence-electron chi connectivity index (χ1n) is 11.7. The third-order valence-electron chi connectivity index (χ3n) is 5.62. The van der Waals surface area contributed by atoms with Crippen LogP contribution in [0.2, 0.25) is 0 Å². The summed E-state index contributed by atoms with van der Waals surface area (Å²) in [4.78, 5) is 28.6. The Kier molecular flexibility index (Phi) is 8.38. The van der Waals surface area contributed by atoms with Crippen LogP contribution in [0.3, 0.4) is 0 Å². The van der Waals surface area contributed by atoms with Crippen LogP contribution in [0.15, 0.2) is 23.1 Å². The number of anilines is 1. The van der Waals surface area contributed by atoms with E-state index in [9.17, 15) is 40.0 Å². The van der Waals surface area contributed by atoms with Crippen LogP contribution in [0.25, 0.3) is 0 Å². The van der Waals surface area contributed by atoms with E-state index in [1.54, 1.807) is 0 Å². The molecule has 0 radical (unpaired) electrons. The lowest BCUT2D eigenvalue weighted by Gasteiger charge is -2.28. The van der Waals surface area contributed by atoms with E-state index in [0.29, 0.717) is 11.8 Å². The van der Waals surface area contributed by atoms with E-state index in [0.717, 1.165) is 24.9 Å². The molecule has 0 spiro atoms. The molecule has 2 heterocycles. The number of methoxy groups -OCH3 is 1. The monoisotopic (exact) mass is 598 g/mol. The number of rotatable bonds is 8. The predicted molar refractivity (Wildman–Crippen MR) is 132 cm³/mol. The Bertz CT molecular complexity index is 1360. The Morgan fingerprint density at radius 3 is 2.23 bits per heavy atom. The van der Waals surface area contributed by atoms with Gasteiger partial charge < -0.3 is 9.47 Å². The number of amides is 1. The number of carbonyl (C=O) groups excluding carboxylic acids is 2. The molecular weight excluding hydrogens is 571 g/mol. The Morgan fingerprint density at radius 2 is 1.74 bits per heavy atom. The summed E-state index contributed by atoms with van der Waals surface area (Å²) in [5, 5.41) is 0. The molecule has 8 nitrogen and oxygen atoms in total. The van der Waals surface area contributed by atoms with E-state index in [1.165, 1.54) is 39.8 Å². The van der Waals surface area contributed by atoms with Crippen molar-refractivity contribution >= 4 is 39.1 Å². The van der Waals surface area contributed by atoms with Crippen LogP contribution in [0.4, 0.5) is 32.6 Å². The van der Waals surface area contributed by atoms with Crippen LogP contribution in [-0.2, 0) is 31.8 Å². The molecule has 0 N–H and O–H groups in total. The van der Waals surface area contributed by atoms with Gasteiger partial charge in [-0.1, -0.05) is 6.92 Å². The van der Waals surface area contributed by atoms with Gasteiger partial charge in [0.2, 0.25) is 0 Å². The first-order chi connectivity index (χ1) is 17.8. The van der Waals surface area contributed by atoms with Crippen LogP contribution >= 0.6 is 11.3 Å². The third-order valence-corrected chi connectivity index (χ3v) is 8.56. The molecule has 1 saturated carbocycles. The number of halogens is 5.